The van der Waals surface area contributed by atoms with E-state index in [4.69, 9.17) is 9.47 Å². The van der Waals surface area contributed by atoms with E-state index >= 15 is 0 Å². The van der Waals surface area contributed by atoms with Crippen molar-refractivity contribution in [2.24, 2.45) is 0 Å². The van der Waals surface area contributed by atoms with E-state index in [-0.39, 0.29) is 12.3 Å². The van der Waals surface area contributed by atoms with Crippen molar-refractivity contribution in [3.8, 4) is 5.75 Å². The maximum absolute atomic E-state index is 6.21. The summed E-state index contributed by atoms with van der Waals surface area (Å²) in [5, 5.41) is 0. The summed E-state index contributed by atoms with van der Waals surface area (Å²) in [6.45, 7) is 0.935. The average molecular weight is 283 g/mol. The monoisotopic (exact) mass is 283 g/mol. The molecule has 0 aromatic heterocycles. The van der Waals surface area contributed by atoms with Crippen LogP contribution in [-0.2, 0) is 11.2 Å². The van der Waals surface area contributed by atoms with Gasteiger partial charge in [-0.25, -0.2) is 0 Å². The quantitative estimate of drug-likeness (QED) is 0.859. The molecule has 1 heterocycles. The molecule has 2 unspecified atom stereocenters. The minimum atomic E-state index is 0.128. The summed E-state index contributed by atoms with van der Waals surface area (Å²) in [4.78, 5) is 2.28. The number of nitrogens with zero attached hydrogens (tertiary/aromatic N) is 1. The van der Waals surface area contributed by atoms with Crippen LogP contribution in [0.1, 0.15) is 17.2 Å². The van der Waals surface area contributed by atoms with Crippen LogP contribution in [0, 0.1) is 0 Å². The second-order valence-electron chi connectivity index (χ2n) is 5.48. The molecule has 3 heteroatoms. The highest BCUT2D eigenvalue weighted by atomic mass is 16.5. The van der Waals surface area contributed by atoms with Crippen molar-refractivity contribution < 1.29 is 9.47 Å². The SMILES string of the molecule is COc1ccc(CC2OC(c3ccccc3)CN2C)cc1. The van der Waals surface area contributed by atoms with E-state index < -0.39 is 0 Å². The van der Waals surface area contributed by atoms with Gasteiger partial charge in [-0.05, 0) is 30.3 Å². The molecular formula is C18H21NO2. The van der Waals surface area contributed by atoms with Crippen LogP contribution in [0.25, 0.3) is 0 Å². The van der Waals surface area contributed by atoms with Crippen LogP contribution in [0.2, 0.25) is 0 Å². The van der Waals surface area contributed by atoms with E-state index in [0.717, 1.165) is 18.7 Å². The fraction of sp³-hybridized carbons (Fsp3) is 0.333. The molecule has 1 saturated heterocycles. The third-order valence-electron chi connectivity index (χ3n) is 4.01. The second kappa shape index (κ2) is 6.29. The van der Waals surface area contributed by atoms with Gasteiger partial charge in [0.2, 0.25) is 0 Å². The standard InChI is InChI=1S/C18H21NO2/c1-19-13-17(15-6-4-3-5-7-15)21-18(19)12-14-8-10-16(20-2)11-9-14/h3-11,17-18H,12-13H2,1-2H3. The van der Waals surface area contributed by atoms with Gasteiger partial charge < -0.3 is 9.47 Å². The first kappa shape index (κ1) is 14.1. The Hall–Kier alpha value is -1.84. The molecule has 1 aliphatic heterocycles. The zero-order valence-corrected chi connectivity index (χ0v) is 12.5. The molecule has 2 atom stereocenters. The van der Waals surface area contributed by atoms with E-state index in [2.05, 4.69) is 48.3 Å². The molecule has 0 bridgehead atoms. The molecular weight excluding hydrogens is 262 g/mol. The molecule has 3 nitrogen and oxygen atoms in total. The average Bonchev–Trinajstić information content (AvgIpc) is 2.90. The number of ether oxygens (including phenoxy) is 2. The van der Waals surface area contributed by atoms with Gasteiger partial charge in [0.25, 0.3) is 0 Å². The Morgan fingerprint density at radius 1 is 1.10 bits per heavy atom. The van der Waals surface area contributed by atoms with Gasteiger partial charge in [-0.3, -0.25) is 4.90 Å². The highest BCUT2D eigenvalue weighted by molar-refractivity contribution is 5.27. The van der Waals surface area contributed by atoms with Crippen molar-refractivity contribution in [3.05, 3.63) is 65.7 Å². The summed E-state index contributed by atoms with van der Waals surface area (Å²) in [7, 11) is 3.81. The molecule has 2 aromatic rings. The van der Waals surface area contributed by atoms with Gasteiger partial charge >= 0.3 is 0 Å². The Balaban J connectivity index is 1.66. The number of methoxy groups -OCH3 is 1. The summed E-state index contributed by atoms with van der Waals surface area (Å²) < 4.78 is 11.4. The van der Waals surface area contributed by atoms with E-state index in [0.29, 0.717) is 0 Å². The van der Waals surface area contributed by atoms with Gasteiger partial charge in [-0.2, -0.15) is 0 Å². The van der Waals surface area contributed by atoms with Gasteiger partial charge in [-0.1, -0.05) is 42.5 Å². The predicted molar refractivity (Wildman–Crippen MR) is 83.4 cm³/mol. The van der Waals surface area contributed by atoms with E-state index in [1.165, 1.54) is 11.1 Å². The maximum Gasteiger partial charge on any atom is 0.118 e. The van der Waals surface area contributed by atoms with E-state index in [1.54, 1.807) is 7.11 Å². The number of hydrogen-bond donors (Lipinski definition) is 0. The van der Waals surface area contributed by atoms with Crippen molar-refractivity contribution in [3.63, 3.8) is 0 Å². The second-order valence-corrected chi connectivity index (χ2v) is 5.48. The van der Waals surface area contributed by atoms with E-state index in [9.17, 15) is 0 Å². The third-order valence-corrected chi connectivity index (χ3v) is 4.01. The normalized spacial score (nSPS) is 22.4. The zero-order chi connectivity index (χ0) is 14.7. The Kier molecular flexibility index (Phi) is 4.23. The Morgan fingerprint density at radius 2 is 1.81 bits per heavy atom. The molecule has 1 aliphatic rings. The molecule has 110 valence electrons. The molecule has 0 amide bonds. The van der Waals surface area contributed by atoms with Crippen LogP contribution < -0.4 is 4.74 Å². The minimum absolute atomic E-state index is 0.128. The Bertz CT molecular complexity index is 568. The number of benzene rings is 2. The van der Waals surface area contributed by atoms with Crippen molar-refractivity contribution in [1.82, 2.24) is 4.90 Å². The minimum Gasteiger partial charge on any atom is -0.497 e. The molecule has 0 aliphatic carbocycles. The first-order valence-corrected chi connectivity index (χ1v) is 7.30. The number of likely N-dealkylation sites (N-methyl/N-ethyl adjacent to an activating group) is 1. The molecule has 0 radical (unpaired) electrons. The van der Waals surface area contributed by atoms with Gasteiger partial charge in [0.1, 0.15) is 12.0 Å². The number of rotatable bonds is 4. The molecule has 0 spiro atoms. The van der Waals surface area contributed by atoms with Crippen LogP contribution in [0.3, 0.4) is 0 Å². The molecule has 2 aromatic carbocycles. The predicted octanol–water partition coefficient (Wildman–Crippen LogP) is 3.27. The lowest BCUT2D eigenvalue weighted by molar-refractivity contribution is 0.00791. The largest absolute Gasteiger partial charge is 0.497 e. The zero-order valence-electron chi connectivity index (χ0n) is 12.5. The highest BCUT2D eigenvalue weighted by Crippen LogP contribution is 2.29. The van der Waals surface area contributed by atoms with Gasteiger partial charge in [-0.15, -0.1) is 0 Å². The van der Waals surface area contributed by atoms with Crippen molar-refractivity contribution >= 4 is 0 Å². The van der Waals surface area contributed by atoms with Crippen LogP contribution in [0.15, 0.2) is 54.6 Å². The van der Waals surface area contributed by atoms with Crippen molar-refractivity contribution in [1.29, 1.82) is 0 Å². The molecule has 3 rings (SSSR count). The van der Waals surface area contributed by atoms with Gasteiger partial charge in [0, 0.05) is 13.0 Å². The lowest BCUT2D eigenvalue weighted by Gasteiger charge is -2.18. The fourth-order valence-corrected chi connectivity index (χ4v) is 2.73. The smallest absolute Gasteiger partial charge is 0.118 e. The highest BCUT2D eigenvalue weighted by Gasteiger charge is 2.30. The van der Waals surface area contributed by atoms with Gasteiger partial charge in [0.05, 0.1) is 13.2 Å². The van der Waals surface area contributed by atoms with Crippen LogP contribution >= 0.6 is 0 Å². The van der Waals surface area contributed by atoms with Crippen molar-refractivity contribution in [2.75, 3.05) is 20.7 Å². The van der Waals surface area contributed by atoms with Gasteiger partial charge in [0.15, 0.2) is 0 Å². The van der Waals surface area contributed by atoms with Crippen LogP contribution in [-0.4, -0.2) is 31.8 Å². The van der Waals surface area contributed by atoms with Crippen LogP contribution in [0.4, 0.5) is 0 Å². The van der Waals surface area contributed by atoms with E-state index in [1.807, 2.05) is 18.2 Å². The Morgan fingerprint density at radius 3 is 2.48 bits per heavy atom. The lowest BCUT2D eigenvalue weighted by atomic mass is 10.1. The first-order chi connectivity index (χ1) is 10.3. The summed E-state index contributed by atoms with van der Waals surface area (Å²) in [5.74, 6) is 0.890. The van der Waals surface area contributed by atoms with Crippen molar-refractivity contribution in [2.45, 2.75) is 18.8 Å². The summed E-state index contributed by atoms with van der Waals surface area (Å²) in [6.07, 6.45) is 1.19. The third kappa shape index (κ3) is 3.26. The first-order valence-electron chi connectivity index (χ1n) is 7.30. The molecule has 0 N–H and O–H groups in total. The maximum atomic E-state index is 6.21. The molecule has 1 fully saturated rings. The molecule has 0 saturated carbocycles. The number of hydrogen-bond acceptors (Lipinski definition) is 3. The fourth-order valence-electron chi connectivity index (χ4n) is 2.73. The topological polar surface area (TPSA) is 21.7 Å². The molecule has 21 heavy (non-hydrogen) atoms. The summed E-state index contributed by atoms with van der Waals surface area (Å²) in [5.41, 5.74) is 2.52. The van der Waals surface area contributed by atoms with Crippen LogP contribution in [0.5, 0.6) is 5.75 Å². The summed E-state index contributed by atoms with van der Waals surface area (Å²) >= 11 is 0. The Labute approximate surface area is 126 Å². The summed E-state index contributed by atoms with van der Waals surface area (Å²) in [6, 6.07) is 18.6. The lowest BCUT2D eigenvalue weighted by Crippen LogP contribution is -2.27.